The molecule has 0 aliphatic heterocycles. The second-order valence-corrected chi connectivity index (χ2v) is 4.47. The lowest BCUT2D eigenvalue weighted by molar-refractivity contribution is -0.113. The highest BCUT2D eigenvalue weighted by molar-refractivity contribution is 6.30. The summed E-state index contributed by atoms with van der Waals surface area (Å²) in [4.78, 5) is 11.1. The van der Waals surface area contributed by atoms with Gasteiger partial charge in [-0.1, -0.05) is 11.6 Å². The summed E-state index contributed by atoms with van der Waals surface area (Å²) in [5.41, 5.74) is 0.675. The van der Waals surface area contributed by atoms with E-state index < -0.39 is 0 Å². The molecular weight excluding hydrogens is 285 g/mol. The van der Waals surface area contributed by atoms with Gasteiger partial charge < -0.3 is 10.1 Å². The largest absolute Gasteiger partial charge is 0.457 e. The lowest BCUT2D eigenvalue weighted by Gasteiger charge is -2.07. The second kappa shape index (κ2) is 6.45. The molecule has 1 amide bonds. The predicted octanol–water partition coefficient (Wildman–Crippen LogP) is 4.31. The number of halogens is 2. The van der Waals surface area contributed by atoms with E-state index in [9.17, 15) is 4.79 Å². The van der Waals surface area contributed by atoms with Gasteiger partial charge in [0, 0.05) is 10.7 Å². The van der Waals surface area contributed by atoms with Gasteiger partial charge in [-0.25, -0.2) is 0 Å². The molecule has 0 heterocycles. The standard InChI is InChI=1S/C14H11Cl2NO2/c15-9-14(18)17-11-3-7-13(8-4-11)19-12-5-1-10(16)2-6-12/h1-8H,9H2,(H,17,18). The van der Waals surface area contributed by atoms with Crippen LogP contribution in [0.25, 0.3) is 0 Å². The molecule has 0 radical (unpaired) electrons. The summed E-state index contributed by atoms with van der Waals surface area (Å²) in [6, 6.07) is 14.1. The Balaban J connectivity index is 2.02. The molecule has 3 nitrogen and oxygen atoms in total. The van der Waals surface area contributed by atoms with E-state index >= 15 is 0 Å². The Morgan fingerprint density at radius 2 is 1.53 bits per heavy atom. The third-order valence-corrected chi connectivity index (χ3v) is 2.80. The minimum atomic E-state index is -0.243. The van der Waals surface area contributed by atoms with Crippen LogP contribution in [-0.2, 0) is 4.79 Å². The fourth-order valence-corrected chi connectivity index (χ4v) is 1.63. The van der Waals surface area contributed by atoms with Gasteiger partial charge in [0.25, 0.3) is 0 Å². The molecular formula is C14H11Cl2NO2. The van der Waals surface area contributed by atoms with E-state index in [-0.39, 0.29) is 11.8 Å². The maximum Gasteiger partial charge on any atom is 0.239 e. The Hall–Kier alpha value is -1.71. The molecule has 1 N–H and O–H groups in total. The zero-order valence-electron chi connectivity index (χ0n) is 9.90. The highest BCUT2D eigenvalue weighted by atomic mass is 35.5. The minimum absolute atomic E-state index is 0.0664. The van der Waals surface area contributed by atoms with Crippen molar-refractivity contribution < 1.29 is 9.53 Å². The molecule has 0 atom stereocenters. The number of carbonyl (C=O) groups excluding carboxylic acids is 1. The number of anilines is 1. The van der Waals surface area contributed by atoms with Gasteiger partial charge in [0.2, 0.25) is 5.91 Å². The molecule has 0 fully saturated rings. The number of hydrogen-bond acceptors (Lipinski definition) is 2. The van der Waals surface area contributed by atoms with Crippen LogP contribution in [0.15, 0.2) is 48.5 Å². The first-order chi connectivity index (χ1) is 9.17. The second-order valence-electron chi connectivity index (χ2n) is 3.76. The van der Waals surface area contributed by atoms with E-state index in [1.54, 1.807) is 48.5 Å². The Morgan fingerprint density at radius 3 is 2.05 bits per heavy atom. The minimum Gasteiger partial charge on any atom is -0.457 e. The summed E-state index contributed by atoms with van der Waals surface area (Å²) in [6.07, 6.45) is 0. The fraction of sp³-hybridized carbons (Fsp3) is 0.0714. The number of alkyl halides is 1. The first-order valence-corrected chi connectivity index (χ1v) is 6.48. The monoisotopic (exact) mass is 295 g/mol. The first-order valence-electron chi connectivity index (χ1n) is 5.56. The zero-order valence-corrected chi connectivity index (χ0v) is 11.4. The normalized spacial score (nSPS) is 10.0. The molecule has 19 heavy (non-hydrogen) atoms. The topological polar surface area (TPSA) is 38.3 Å². The van der Waals surface area contributed by atoms with Crippen LogP contribution in [0.5, 0.6) is 11.5 Å². The van der Waals surface area contributed by atoms with Crippen molar-refractivity contribution in [3.05, 3.63) is 53.6 Å². The number of hydrogen-bond donors (Lipinski definition) is 1. The third kappa shape index (κ3) is 4.16. The highest BCUT2D eigenvalue weighted by Gasteiger charge is 2.01. The summed E-state index contributed by atoms with van der Waals surface area (Å²) < 4.78 is 5.62. The molecule has 2 rings (SSSR count). The van der Waals surface area contributed by atoms with E-state index in [1.165, 1.54) is 0 Å². The number of nitrogens with one attached hydrogen (secondary N) is 1. The van der Waals surface area contributed by atoms with Crippen molar-refractivity contribution in [1.82, 2.24) is 0 Å². The molecule has 98 valence electrons. The molecule has 0 saturated carbocycles. The Bertz CT molecular complexity index is 553. The number of carbonyl (C=O) groups is 1. The predicted molar refractivity (Wildman–Crippen MR) is 77.3 cm³/mol. The smallest absolute Gasteiger partial charge is 0.239 e. The van der Waals surface area contributed by atoms with Gasteiger partial charge in [0.15, 0.2) is 0 Å². The van der Waals surface area contributed by atoms with Crippen molar-refractivity contribution in [2.75, 3.05) is 11.2 Å². The van der Waals surface area contributed by atoms with Gasteiger partial charge in [-0.05, 0) is 48.5 Å². The van der Waals surface area contributed by atoms with E-state index in [1.807, 2.05) is 0 Å². The average molecular weight is 296 g/mol. The zero-order chi connectivity index (χ0) is 13.7. The first kappa shape index (κ1) is 13.7. The summed E-state index contributed by atoms with van der Waals surface area (Å²) in [5.74, 6) is 1.06. The van der Waals surface area contributed by atoms with Gasteiger partial charge in [-0.3, -0.25) is 4.79 Å². The van der Waals surface area contributed by atoms with Crippen LogP contribution in [0, 0.1) is 0 Å². The molecule has 0 spiro atoms. The number of ether oxygens (including phenoxy) is 1. The van der Waals surface area contributed by atoms with Crippen molar-refractivity contribution in [2.45, 2.75) is 0 Å². The molecule has 0 saturated heterocycles. The molecule has 0 bridgehead atoms. The van der Waals surface area contributed by atoms with Crippen molar-refractivity contribution in [3.8, 4) is 11.5 Å². The van der Waals surface area contributed by atoms with Gasteiger partial charge in [-0.2, -0.15) is 0 Å². The van der Waals surface area contributed by atoms with E-state index in [0.29, 0.717) is 22.2 Å². The molecule has 5 heteroatoms. The van der Waals surface area contributed by atoms with Crippen LogP contribution < -0.4 is 10.1 Å². The van der Waals surface area contributed by atoms with E-state index in [0.717, 1.165) is 0 Å². The summed E-state index contributed by atoms with van der Waals surface area (Å²) in [5, 5.41) is 3.31. The number of rotatable bonds is 4. The van der Waals surface area contributed by atoms with Crippen molar-refractivity contribution >= 4 is 34.8 Å². The van der Waals surface area contributed by atoms with Crippen LogP contribution >= 0.6 is 23.2 Å². The molecule has 2 aromatic rings. The molecule has 0 aliphatic rings. The van der Waals surface area contributed by atoms with Gasteiger partial charge in [0.05, 0.1) is 0 Å². The van der Waals surface area contributed by atoms with Crippen LogP contribution in [0.1, 0.15) is 0 Å². The SMILES string of the molecule is O=C(CCl)Nc1ccc(Oc2ccc(Cl)cc2)cc1. The fourth-order valence-electron chi connectivity index (χ4n) is 1.44. The Morgan fingerprint density at radius 1 is 1.00 bits per heavy atom. The maximum atomic E-state index is 11.1. The lowest BCUT2D eigenvalue weighted by atomic mass is 10.3. The van der Waals surface area contributed by atoms with E-state index in [2.05, 4.69) is 5.32 Å². The number of benzene rings is 2. The van der Waals surface area contributed by atoms with Gasteiger partial charge in [0.1, 0.15) is 17.4 Å². The van der Waals surface area contributed by atoms with Gasteiger partial charge in [-0.15, -0.1) is 11.6 Å². The molecule has 0 unspecified atom stereocenters. The van der Waals surface area contributed by atoms with Crippen molar-refractivity contribution in [3.63, 3.8) is 0 Å². The quantitative estimate of drug-likeness (QED) is 0.854. The van der Waals surface area contributed by atoms with Crippen LogP contribution in [-0.4, -0.2) is 11.8 Å². The molecule has 2 aromatic carbocycles. The maximum absolute atomic E-state index is 11.1. The summed E-state index contributed by atoms with van der Waals surface area (Å²) >= 11 is 11.2. The van der Waals surface area contributed by atoms with Crippen molar-refractivity contribution in [1.29, 1.82) is 0 Å². The summed E-state index contributed by atoms with van der Waals surface area (Å²) in [7, 11) is 0. The van der Waals surface area contributed by atoms with Crippen molar-refractivity contribution in [2.24, 2.45) is 0 Å². The van der Waals surface area contributed by atoms with Crippen LogP contribution in [0.2, 0.25) is 5.02 Å². The Labute approximate surface area is 121 Å². The lowest BCUT2D eigenvalue weighted by Crippen LogP contribution is -2.12. The average Bonchev–Trinajstić information content (AvgIpc) is 2.43. The molecule has 0 aromatic heterocycles. The van der Waals surface area contributed by atoms with Crippen LogP contribution in [0.3, 0.4) is 0 Å². The molecule has 0 aliphatic carbocycles. The Kier molecular flexibility index (Phi) is 4.66. The van der Waals surface area contributed by atoms with Gasteiger partial charge >= 0.3 is 0 Å². The van der Waals surface area contributed by atoms with E-state index in [4.69, 9.17) is 27.9 Å². The number of amides is 1. The van der Waals surface area contributed by atoms with Crippen LogP contribution in [0.4, 0.5) is 5.69 Å². The summed E-state index contributed by atoms with van der Waals surface area (Å²) in [6.45, 7) is 0. The highest BCUT2D eigenvalue weighted by Crippen LogP contribution is 2.24. The third-order valence-electron chi connectivity index (χ3n) is 2.31.